The first-order valence-corrected chi connectivity index (χ1v) is 8.57. The second-order valence-electron chi connectivity index (χ2n) is 5.91. The van der Waals surface area contributed by atoms with E-state index in [1.54, 1.807) is 0 Å². The number of hydrogen-bond donors (Lipinski definition) is 3. The van der Waals surface area contributed by atoms with Gasteiger partial charge in [0.05, 0.1) is 18.8 Å². The highest BCUT2D eigenvalue weighted by Crippen LogP contribution is 2.38. The number of thiophene rings is 1. The number of nitrogens with one attached hydrogen (secondary N) is 2. The number of amides is 2. The Balaban J connectivity index is 1.75. The van der Waals surface area contributed by atoms with Gasteiger partial charge in [-0.3, -0.25) is 9.59 Å². The molecule has 2 amide bonds. The van der Waals surface area contributed by atoms with E-state index in [0.717, 1.165) is 37.9 Å². The standard InChI is InChI=1S/C15H21N3O3S/c1-9(18-5-7-21-8-6-18)14(20)17-15-12(13(16)19)10-3-2-4-11(10)22-15/h9H,2-8H2,1H3,(H2,16,19)(H,17,20)/p+1/t9-/m0/s1. The highest BCUT2D eigenvalue weighted by atomic mass is 32.1. The summed E-state index contributed by atoms with van der Waals surface area (Å²) in [6.45, 7) is 4.96. The molecule has 0 saturated carbocycles. The number of carbonyl (C=O) groups excluding carboxylic acids is 2. The van der Waals surface area contributed by atoms with E-state index in [1.807, 2.05) is 6.92 Å². The molecular weight excluding hydrogens is 302 g/mol. The minimum atomic E-state index is -0.443. The topological polar surface area (TPSA) is 85.9 Å². The summed E-state index contributed by atoms with van der Waals surface area (Å²) in [5, 5.41) is 3.56. The van der Waals surface area contributed by atoms with Crippen molar-refractivity contribution in [2.75, 3.05) is 31.6 Å². The van der Waals surface area contributed by atoms with Crippen molar-refractivity contribution in [2.45, 2.75) is 32.2 Å². The molecule has 1 aromatic heterocycles. The van der Waals surface area contributed by atoms with Crippen molar-refractivity contribution in [3.8, 4) is 0 Å². The van der Waals surface area contributed by atoms with E-state index in [2.05, 4.69) is 5.32 Å². The van der Waals surface area contributed by atoms with Gasteiger partial charge in [-0.25, -0.2) is 0 Å². The van der Waals surface area contributed by atoms with Crippen molar-refractivity contribution in [2.24, 2.45) is 5.73 Å². The first-order chi connectivity index (χ1) is 10.6. The van der Waals surface area contributed by atoms with Crippen LogP contribution in [0.5, 0.6) is 0 Å². The van der Waals surface area contributed by atoms with E-state index in [9.17, 15) is 9.59 Å². The predicted molar refractivity (Wildman–Crippen MR) is 84.5 cm³/mol. The molecule has 0 radical (unpaired) electrons. The molecule has 3 rings (SSSR count). The van der Waals surface area contributed by atoms with E-state index in [0.29, 0.717) is 23.8 Å². The van der Waals surface area contributed by atoms with Crippen LogP contribution in [-0.4, -0.2) is 44.2 Å². The molecule has 7 heteroatoms. The molecule has 1 aliphatic heterocycles. The molecule has 0 aromatic carbocycles. The molecule has 22 heavy (non-hydrogen) atoms. The fraction of sp³-hybridized carbons (Fsp3) is 0.600. The fourth-order valence-electron chi connectivity index (χ4n) is 3.23. The molecular formula is C15H22N3O3S+. The maximum absolute atomic E-state index is 12.5. The van der Waals surface area contributed by atoms with Gasteiger partial charge in [0.1, 0.15) is 18.1 Å². The molecule has 0 unspecified atom stereocenters. The van der Waals surface area contributed by atoms with Gasteiger partial charge in [0.15, 0.2) is 6.04 Å². The second-order valence-corrected chi connectivity index (χ2v) is 7.01. The summed E-state index contributed by atoms with van der Waals surface area (Å²) in [7, 11) is 0. The number of morpholine rings is 1. The largest absolute Gasteiger partial charge is 0.370 e. The highest BCUT2D eigenvalue weighted by molar-refractivity contribution is 7.17. The third-order valence-corrected chi connectivity index (χ3v) is 5.75. The SMILES string of the molecule is C[C@@H](C(=O)Nc1sc2c(c1C(N)=O)CCC2)[NH+]1CCOCC1. The van der Waals surface area contributed by atoms with Gasteiger partial charge in [0.2, 0.25) is 0 Å². The number of primary amides is 1. The zero-order chi connectivity index (χ0) is 15.7. The molecule has 0 spiro atoms. The number of fused-ring (bicyclic) bond motifs is 1. The maximum Gasteiger partial charge on any atom is 0.282 e. The van der Waals surface area contributed by atoms with Crippen LogP contribution in [0.4, 0.5) is 5.00 Å². The zero-order valence-electron chi connectivity index (χ0n) is 12.7. The fourth-order valence-corrected chi connectivity index (χ4v) is 4.52. The van der Waals surface area contributed by atoms with Gasteiger partial charge in [0, 0.05) is 4.88 Å². The Bertz CT molecular complexity index is 593. The smallest absolute Gasteiger partial charge is 0.282 e. The normalized spacial score (nSPS) is 19.7. The van der Waals surface area contributed by atoms with Crippen LogP contribution in [0.1, 0.15) is 34.1 Å². The third-order valence-electron chi connectivity index (χ3n) is 4.55. The Morgan fingerprint density at radius 2 is 2.05 bits per heavy atom. The van der Waals surface area contributed by atoms with E-state index in [1.165, 1.54) is 21.1 Å². The molecule has 1 aromatic rings. The van der Waals surface area contributed by atoms with Crippen molar-refractivity contribution < 1.29 is 19.2 Å². The number of aryl methyl sites for hydroxylation is 1. The number of ether oxygens (including phenoxy) is 1. The van der Waals surface area contributed by atoms with E-state index < -0.39 is 5.91 Å². The van der Waals surface area contributed by atoms with Crippen molar-refractivity contribution in [1.82, 2.24) is 0 Å². The van der Waals surface area contributed by atoms with Gasteiger partial charge in [-0.05, 0) is 31.7 Å². The summed E-state index contributed by atoms with van der Waals surface area (Å²) in [5.74, 6) is -0.500. The van der Waals surface area contributed by atoms with Crippen molar-refractivity contribution in [1.29, 1.82) is 0 Å². The van der Waals surface area contributed by atoms with Gasteiger partial charge < -0.3 is 20.7 Å². The first-order valence-electron chi connectivity index (χ1n) is 7.75. The van der Waals surface area contributed by atoms with Crippen LogP contribution in [-0.2, 0) is 22.4 Å². The number of nitrogens with two attached hydrogens (primary N) is 1. The molecule has 2 heterocycles. The summed E-state index contributed by atoms with van der Waals surface area (Å²) < 4.78 is 5.33. The van der Waals surface area contributed by atoms with Crippen molar-refractivity contribution in [3.63, 3.8) is 0 Å². The summed E-state index contributed by atoms with van der Waals surface area (Å²) in [4.78, 5) is 26.7. The first kappa shape index (κ1) is 15.5. The average molecular weight is 324 g/mol. The highest BCUT2D eigenvalue weighted by Gasteiger charge is 2.30. The van der Waals surface area contributed by atoms with Crippen LogP contribution >= 0.6 is 11.3 Å². The summed E-state index contributed by atoms with van der Waals surface area (Å²) in [6.07, 6.45) is 2.91. The monoisotopic (exact) mass is 324 g/mol. The summed E-state index contributed by atoms with van der Waals surface area (Å²) in [5.41, 5.74) is 7.09. The Labute approximate surface area is 133 Å². The average Bonchev–Trinajstić information content (AvgIpc) is 3.07. The lowest BCUT2D eigenvalue weighted by atomic mass is 10.1. The van der Waals surface area contributed by atoms with E-state index in [4.69, 9.17) is 10.5 Å². The van der Waals surface area contributed by atoms with Crippen LogP contribution in [0.25, 0.3) is 0 Å². The molecule has 4 N–H and O–H groups in total. The summed E-state index contributed by atoms with van der Waals surface area (Å²) in [6, 6.07) is -0.165. The number of quaternary nitrogens is 1. The lowest BCUT2D eigenvalue weighted by Crippen LogP contribution is -3.18. The lowest BCUT2D eigenvalue weighted by molar-refractivity contribution is -0.921. The molecule has 120 valence electrons. The Morgan fingerprint density at radius 3 is 2.73 bits per heavy atom. The third kappa shape index (κ3) is 2.88. The molecule has 0 bridgehead atoms. The number of carbonyl (C=O) groups is 2. The maximum atomic E-state index is 12.5. The van der Waals surface area contributed by atoms with Crippen molar-refractivity contribution in [3.05, 3.63) is 16.0 Å². The summed E-state index contributed by atoms with van der Waals surface area (Å²) >= 11 is 1.50. The van der Waals surface area contributed by atoms with Crippen LogP contribution in [0.15, 0.2) is 0 Å². The quantitative estimate of drug-likeness (QED) is 0.703. The minimum Gasteiger partial charge on any atom is -0.370 e. The van der Waals surface area contributed by atoms with Crippen molar-refractivity contribution >= 4 is 28.2 Å². The number of rotatable bonds is 4. The van der Waals surface area contributed by atoms with Gasteiger partial charge in [-0.2, -0.15) is 0 Å². The van der Waals surface area contributed by atoms with Gasteiger partial charge in [-0.15, -0.1) is 11.3 Å². The van der Waals surface area contributed by atoms with Crippen LogP contribution in [0, 0.1) is 0 Å². The second kappa shape index (κ2) is 6.36. The number of hydrogen-bond acceptors (Lipinski definition) is 4. The minimum absolute atomic E-state index is 0.0562. The van der Waals surface area contributed by atoms with Crippen LogP contribution in [0.2, 0.25) is 0 Å². The molecule has 1 fully saturated rings. The Morgan fingerprint density at radius 1 is 1.32 bits per heavy atom. The zero-order valence-corrected chi connectivity index (χ0v) is 13.6. The molecule has 1 aliphatic carbocycles. The van der Waals surface area contributed by atoms with Crippen LogP contribution < -0.4 is 16.0 Å². The molecule has 2 aliphatic rings. The predicted octanol–water partition coefficient (Wildman–Crippen LogP) is -0.422. The van der Waals surface area contributed by atoms with E-state index >= 15 is 0 Å². The van der Waals surface area contributed by atoms with Gasteiger partial charge in [-0.1, -0.05) is 0 Å². The molecule has 1 atom stereocenters. The molecule has 6 nitrogen and oxygen atoms in total. The van der Waals surface area contributed by atoms with Gasteiger partial charge >= 0.3 is 0 Å². The Hall–Kier alpha value is -1.44. The lowest BCUT2D eigenvalue weighted by Gasteiger charge is -2.28. The number of anilines is 1. The van der Waals surface area contributed by atoms with Crippen LogP contribution in [0.3, 0.4) is 0 Å². The van der Waals surface area contributed by atoms with Gasteiger partial charge in [0.25, 0.3) is 11.8 Å². The van der Waals surface area contributed by atoms with E-state index in [-0.39, 0.29) is 11.9 Å². The Kier molecular flexibility index (Phi) is 4.46. The molecule has 1 saturated heterocycles.